The fourth-order valence-corrected chi connectivity index (χ4v) is 2.91. The Morgan fingerprint density at radius 2 is 1.74 bits per heavy atom. The minimum absolute atomic E-state index is 0.116. The first-order chi connectivity index (χ1) is 10.6. The molecule has 0 N–H and O–H groups in total. The number of rotatable bonds is 4. The van der Waals surface area contributed by atoms with Crippen molar-refractivity contribution < 1.29 is 26.3 Å². The van der Waals surface area contributed by atoms with E-state index in [0.717, 1.165) is 28.6 Å². The lowest BCUT2D eigenvalue weighted by Crippen LogP contribution is -2.27. The highest BCUT2D eigenvalue weighted by atomic mass is 35.5. The highest BCUT2D eigenvalue weighted by Gasteiger charge is 2.31. The average Bonchev–Trinajstić information content (AvgIpc) is 2.46. The monoisotopic (exact) mass is 366 g/mol. The van der Waals surface area contributed by atoms with Gasteiger partial charge >= 0.3 is 6.36 Å². The third kappa shape index (κ3) is 4.26. The molecule has 1 aromatic heterocycles. The van der Waals surface area contributed by atoms with Crippen LogP contribution in [0.2, 0.25) is 5.02 Å². The molecule has 0 spiro atoms. The first-order valence-electron chi connectivity index (χ1n) is 6.06. The van der Waals surface area contributed by atoms with E-state index in [1.54, 1.807) is 0 Å². The maximum absolute atomic E-state index is 12.4. The summed E-state index contributed by atoms with van der Waals surface area (Å²) in [5.41, 5.74) is 0. The molecule has 2 rings (SSSR count). The van der Waals surface area contributed by atoms with Crippen LogP contribution in [0.3, 0.4) is 0 Å². The molecule has 0 radical (unpaired) electrons. The van der Waals surface area contributed by atoms with Crippen LogP contribution in [0.15, 0.2) is 47.5 Å². The summed E-state index contributed by atoms with van der Waals surface area (Å²) in [5, 5.41) is 0.341. The summed E-state index contributed by atoms with van der Waals surface area (Å²) in [5.74, 6) is -0.395. The predicted octanol–water partition coefficient (Wildman–Crippen LogP) is 3.46. The fourth-order valence-electron chi connectivity index (χ4n) is 1.65. The van der Waals surface area contributed by atoms with Gasteiger partial charge in [-0.3, -0.25) is 4.31 Å². The molecular weight excluding hydrogens is 357 g/mol. The van der Waals surface area contributed by atoms with Crippen LogP contribution in [0, 0.1) is 0 Å². The maximum atomic E-state index is 12.4. The number of benzene rings is 1. The number of sulfonamides is 1. The van der Waals surface area contributed by atoms with Crippen molar-refractivity contribution in [3.05, 3.63) is 47.6 Å². The molecule has 0 fully saturated rings. The molecule has 2 aromatic rings. The normalized spacial score (nSPS) is 12.0. The zero-order chi connectivity index (χ0) is 17.3. The van der Waals surface area contributed by atoms with E-state index in [0.29, 0.717) is 5.02 Å². The largest absolute Gasteiger partial charge is 0.573 e. The summed E-state index contributed by atoms with van der Waals surface area (Å²) in [6.45, 7) is 0. The van der Waals surface area contributed by atoms with Gasteiger partial charge in [-0.2, -0.15) is 0 Å². The standard InChI is InChI=1S/C13H10ClF3N2O3S/c1-19(12-7-2-9(14)8-18-12)23(20,21)11-5-3-10(4-6-11)22-13(15,16)17/h2-8H,1H3. The average molecular weight is 367 g/mol. The van der Waals surface area contributed by atoms with Gasteiger partial charge in [-0.1, -0.05) is 11.6 Å². The molecule has 0 amide bonds. The lowest BCUT2D eigenvalue weighted by Gasteiger charge is -2.18. The Kier molecular flexibility index (Phi) is 4.71. The summed E-state index contributed by atoms with van der Waals surface area (Å²) in [6, 6.07) is 6.75. The zero-order valence-electron chi connectivity index (χ0n) is 11.6. The maximum Gasteiger partial charge on any atom is 0.573 e. The van der Waals surface area contributed by atoms with E-state index in [-0.39, 0.29) is 10.7 Å². The molecular formula is C13H10ClF3N2O3S. The smallest absolute Gasteiger partial charge is 0.406 e. The molecule has 0 aliphatic heterocycles. The predicted molar refractivity (Wildman–Crippen MR) is 78.0 cm³/mol. The van der Waals surface area contributed by atoms with Crippen molar-refractivity contribution >= 4 is 27.4 Å². The summed E-state index contributed by atoms with van der Waals surface area (Å²) < 4.78 is 65.7. The van der Waals surface area contributed by atoms with Gasteiger partial charge in [0.15, 0.2) is 0 Å². The number of anilines is 1. The Hall–Kier alpha value is -2.00. The van der Waals surface area contributed by atoms with Crippen LogP contribution in [0.4, 0.5) is 19.0 Å². The molecule has 0 unspecified atom stereocenters. The fraction of sp³-hybridized carbons (Fsp3) is 0.154. The van der Waals surface area contributed by atoms with Crippen LogP contribution in [0.1, 0.15) is 0 Å². The summed E-state index contributed by atoms with van der Waals surface area (Å²) in [4.78, 5) is 3.67. The molecule has 0 aliphatic carbocycles. The van der Waals surface area contributed by atoms with E-state index in [1.165, 1.54) is 25.4 Å². The molecule has 1 aromatic carbocycles. The van der Waals surface area contributed by atoms with Crippen LogP contribution in [-0.2, 0) is 10.0 Å². The number of nitrogens with zero attached hydrogens (tertiary/aromatic N) is 2. The Morgan fingerprint density at radius 3 is 2.22 bits per heavy atom. The molecule has 5 nitrogen and oxygen atoms in total. The van der Waals surface area contributed by atoms with Gasteiger partial charge in [0, 0.05) is 13.2 Å². The number of hydrogen-bond donors (Lipinski definition) is 0. The summed E-state index contributed by atoms with van der Waals surface area (Å²) >= 11 is 5.68. The van der Waals surface area contributed by atoms with Crippen molar-refractivity contribution in [3.8, 4) is 5.75 Å². The highest BCUT2D eigenvalue weighted by Crippen LogP contribution is 2.26. The van der Waals surface area contributed by atoms with Crippen molar-refractivity contribution in [3.63, 3.8) is 0 Å². The molecule has 23 heavy (non-hydrogen) atoms. The van der Waals surface area contributed by atoms with E-state index in [9.17, 15) is 21.6 Å². The number of alkyl halides is 3. The first kappa shape index (κ1) is 17.4. The SMILES string of the molecule is CN(c1ccc(Cl)cn1)S(=O)(=O)c1ccc(OC(F)(F)F)cc1. The van der Waals surface area contributed by atoms with E-state index >= 15 is 0 Å². The van der Waals surface area contributed by atoms with Gasteiger partial charge in [-0.25, -0.2) is 13.4 Å². The minimum Gasteiger partial charge on any atom is -0.406 e. The van der Waals surface area contributed by atoms with E-state index < -0.39 is 22.1 Å². The number of pyridine rings is 1. The van der Waals surface area contributed by atoms with E-state index in [2.05, 4.69) is 9.72 Å². The number of halogens is 4. The van der Waals surface area contributed by atoms with Crippen LogP contribution < -0.4 is 9.04 Å². The third-order valence-corrected chi connectivity index (χ3v) is 4.75. The molecule has 0 saturated carbocycles. The highest BCUT2D eigenvalue weighted by molar-refractivity contribution is 7.92. The molecule has 124 valence electrons. The number of aromatic nitrogens is 1. The van der Waals surface area contributed by atoms with Gasteiger partial charge in [0.1, 0.15) is 11.6 Å². The molecule has 10 heteroatoms. The summed E-state index contributed by atoms with van der Waals surface area (Å²) in [7, 11) is -2.70. The summed E-state index contributed by atoms with van der Waals surface area (Å²) in [6.07, 6.45) is -3.56. The lowest BCUT2D eigenvalue weighted by molar-refractivity contribution is -0.274. The van der Waals surface area contributed by atoms with Gasteiger partial charge in [-0.15, -0.1) is 13.2 Å². The second kappa shape index (κ2) is 6.25. The van der Waals surface area contributed by atoms with E-state index in [1.807, 2.05) is 0 Å². The first-order valence-corrected chi connectivity index (χ1v) is 7.88. The van der Waals surface area contributed by atoms with Gasteiger partial charge < -0.3 is 4.74 Å². The van der Waals surface area contributed by atoms with Crippen LogP contribution in [-0.4, -0.2) is 26.8 Å². The topological polar surface area (TPSA) is 59.5 Å². The van der Waals surface area contributed by atoms with Crippen molar-refractivity contribution in [1.82, 2.24) is 4.98 Å². The van der Waals surface area contributed by atoms with Crippen molar-refractivity contribution in [2.45, 2.75) is 11.3 Å². The molecule has 0 atom stereocenters. The lowest BCUT2D eigenvalue weighted by atomic mass is 10.3. The Bertz CT molecular complexity index is 778. The van der Waals surface area contributed by atoms with Crippen molar-refractivity contribution in [2.24, 2.45) is 0 Å². The van der Waals surface area contributed by atoms with Crippen LogP contribution in [0.25, 0.3) is 0 Å². The second-order valence-electron chi connectivity index (χ2n) is 4.33. The number of ether oxygens (including phenoxy) is 1. The quantitative estimate of drug-likeness (QED) is 0.831. The van der Waals surface area contributed by atoms with Crippen molar-refractivity contribution in [1.29, 1.82) is 0 Å². The van der Waals surface area contributed by atoms with Gasteiger partial charge in [0.25, 0.3) is 10.0 Å². The van der Waals surface area contributed by atoms with Gasteiger partial charge in [0.05, 0.1) is 9.92 Å². The Balaban J connectivity index is 2.27. The third-order valence-electron chi connectivity index (χ3n) is 2.75. The molecule has 0 aliphatic rings. The Labute approximate surface area is 135 Å². The van der Waals surface area contributed by atoms with E-state index in [4.69, 9.17) is 11.6 Å². The number of hydrogen-bond acceptors (Lipinski definition) is 4. The van der Waals surface area contributed by atoms with Crippen molar-refractivity contribution in [2.75, 3.05) is 11.4 Å². The Morgan fingerprint density at radius 1 is 1.13 bits per heavy atom. The minimum atomic E-state index is -4.84. The van der Waals surface area contributed by atoms with Crippen LogP contribution in [0.5, 0.6) is 5.75 Å². The molecule has 1 heterocycles. The van der Waals surface area contributed by atoms with Crippen LogP contribution >= 0.6 is 11.6 Å². The van der Waals surface area contributed by atoms with Gasteiger partial charge in [0.2, 0.25) is 0 Å². The zero-order valence-corrected chi connectivity index (χ0v) is 13.2. The van der Waals surface area contributed by atoms with Gasteiger partial charge in [-0.05, 0) is 36.4 Å². The second-order valence-corrected chi connectivity index (χ2v) is 6.73. The molecule has 0 bridgehead atoms. The molecule has 0 saturated heterocycles.